The number of rotatable bonds is 8. The molecule has 1 aromatic rings. The van der Waals surface area contributed by atoms with E-state index in [9.17, 15) is 9.90 Å². The molecule has 1 aliphatic carbocycles. The van der Waals surface area contributed by atoms with Gasteiger partial charge >= 0.3 is 5.97 Å². The summed E-state index contributed by atoms with van der Waals surface area (Å²) in [5.41, 5.74) is -0.113. The highest BCUT2D eigenvalue weighted by atomic mass is 16.5. The first kappa shape index (κ1) is 18.0. The average Bonchev–Trinajstić information content (AvgIpc) is 3.00. The van der Waals surface area contributed by atoms with Gasteiger partial charge in [-0.05, 0) is 31.5 Å². The minimum absolute atomic E-state index is 0.298. The molecule has 4 heteroatoms. The Morgan fingerprint density at radius 2 is 1.83 bits per heavy atom. The third kappa shape index (κ3) is 4.55. The Labute approximate surface area is 139 Å². The highest BCUT2D eigenvalue weighted by molar-refractivity contribution is 5.80. The lowest BCUT2D eigenvalue weighted by atomic mass is 9.81. The van der Waals surface area contributed by atoms with Crippen LogP contribution in [0.3, 0.4) is 0 Å². The summed E-state index contributed by atoms with van der Waals surface area (Å²) in [6.07, 6.45) is 3.26. The molecule has 1 fully saturated rings. The standard InChI is InChI=1S/C19H29NO3/c1-3-20(4-2)14-15-23-18(21)17(16-10-6-5-7-11-16)19(22)12-8-9-13-19/h5-7,10-11,17,22H,3-4,8-9,12-15H2,1-2H3/t17-/m0/s1. The van der Waals surface area contributed by atoms with Crippen LogP contribution in [0.5, 0.6) is 0 Å². The Balaban J connectivity index is 2.06. The lowest BCUT2D eigenvalue weighted by molar-refractivity contribution is -0.153. The van der Waals surface area contributed by atoms with Crippen molar-refractivity contribution < 1.29 is 14.6 Å². The number of carbonyl (C=O) groups excluding carboxylic acids is 1. The van der Waals surface area contributed by atoms with Crippen molar-refractivity contribution in [2.75, 3.05) is 26.2 Å². The van der Waals surface area contributed by atoms with E-state index in [0.29, 0.717) is 19.4 Å². The van der Waals surface area contributed by atoms with Crippen LogP contribution in [0.4, 0.5) is 0 Å². The lowest BCUT2D eigenvalue weighted by Crippen LogP contribution is -2.39. The Morgan fingerprint density at radius 1 is 1.22 bits per heavy atom. The minimum atomic E-state index is -0.965. The van der Waals surface area contributed by atoms with Crippen LogP contribution in [0.1, 0.15) is 51.0 Å². The molecule has 128 valence electrons. The molecule has 0 bridgehead atoms. The van der Waals surface area contributed by atoms with Crippen molar-refractivity contribution in [3.8, 4) is 0 Å². The molecule has 1 aliphatic rings. The summed E-state index contributed by atoms with van der Waals surface area (Å²) in [6.45, 7) is 7.19. The summed E-state index contributed by atoms with van der Waals surface area (Å²) in [6, 6.07) is 9.55. The summed E-state index contributed by atoms with van der Waals surface area (Å²) >= 11 is 0. The topological polar surface area (TPSA) is 49.8 Å². The molecular formula is C19H29NO3. The van der Waals surface area contributed by atoms with E-state index in [1.165, 1.54) is 0 Å². The summed E-state index contributed by atoms with van der Waals surface area (Å²) in [7, 11) is 0. The molecule has 0 radical (unpaired) electrons. The van der Waals surface area contributed by atoms with Crippen LogP contribution in [0, 0.1) is 0 Å². The minimum Gasteiger partial charge on any atom is -0.464 e. The summed E-state index contributed by atoms with van der Waals surface area (Å²) in [5.74, 6) is -0.879. The normalized spacial score (nSPS) is 18.1. The molecule has 0 aromatic heterocycles. The van der Waals surface area contributed by atoms with Crippen LogP contribution in [-0.2, 0) is 9.53 Å². The highest BCUT2D eigenvalue weighted by Gasteiger charge is 2.45. The Kier molecular flexibility index (Phi) is 6.60. The van der Waals surface area contributed by atoms with Gasteiger partial charge in [-0.2, -0.15) is 0 Å². The number of esters is 1. The van der Waals surface area contributed by atoms with Gasteiger partial charge in [-0.15, -0.1) is 0 Å². The van der Waals surface area contributed by atoms with E-state index >= 15 is 0 Å². The summed E-state index contributed by atoms with van der Waals surface area (Å²) in [5, 5.41) is 11.0. The van der Waals surface area contributed by atoms with Gasteiger partial charge in [0.2, 0.25) is 0 Å². The van der Waals surface area contributed by atoms with Gasteiger partial charge in [0.1, 0.15) is 12.5 Å². The van der Waals surface area contributed by atoms with Crippen molar-refractivity contribution >= 4 is 5.97 Å². The molecule has 1 N–H and O–H groups in total. The molecule has 0 unspecified atom stereocenters. The molecular weight excluding hydrogens is 290 g/mol. The summed E-state index contributed by atoms with van der Waals surface area (Å²) < 4.78 is 5.53. The molecule has 0 aliphatic heterocycles. The largest absolute Gasteiger partial charge is 0.464 e. The van der Waals surface area contributed by atoms with Gasteiger partial charge in [0.15, 0.2) is 0 Å². The third-order valence-corrected chi connectivity index (χ3v) is 4.92. The molecule has 1 aromatic carbocycles. The zero-order chi connectivity index (χ0) is 16.7. The van der Waals surface area contributed by atoms with E-state index in [0.717, 1.165) is 38.0 Å². The van der Waals surface area contributed by atoms with E-state index in [2.05, 4.69) is 18.7 Å². The van der Waals surface area contributed by atoms with Gasteiger partial charge in [0, 0.05) is 6.54 Å². The number of benzene rings is 1. The Hall–Kier alpha value is -1.39. The second-order valence-corrected chi connectivity index (χ2v) is 6.35. The first-order valence-corrected chi connectivity index (χ1v) is 8.77. The van der Waals surface area contributed by atoms with Gasteiger partial charge in [-0.3, -0.25) is 4.79 Å². The van der Waals surface area contributed by atoms with E-state index in [4.69, 9.17) is 4.74 Å². The van der Waals surface area contributed by atoms with Crippen LogP contribution < -0.4 is 0 Å². The van der Waals surface area contributed by atoms with Crippen LogP contribution in [-0.4, -0.2) is 47.8 Å². The van der Waals surface area contributed by atoms with Gasteiger partial charge < -0.3 is 14.7 Å². The quantitative estimate of drug-likeness (QED) is 0.749. The monoisotopic (exact) mass is 319 g/mol. The number of nitrogens with zero attached hydrogens (tertiary/aromatic N) is 1. The van der Waals surface area contributed by atoms with Crippen molar-refractivity contribution in [3.63, 3.8) is 0 Å². The van der Waals surface area contributed by atoms with Gasteiger partial charge in [0.05, 0.1) is 5.60 Å². The zero-order valence-electron chi connectivity index (χ0n) is 14.3. The lowest BCUT2D eigenvalue weighted by Gasteiger charge is -2.31. The van der Waals surface area contributed by atoms with Crippen LogP contribution in [0.25, 0.3) is 0 Å². The van der Waals surface area contributed by atoms with E-state index in [1.54, 1.807) is 0 Å². The first-order chi connectivity index (χ1) is 11.1. The van der Waals surface area contributed by atoms with Gasteiger partial charge in [0.25, 0.3) is 0 Å². The molecule has 0 saturated heterocycles. The second-order valence-electron chi connectivity index (χ2n) is 6.35. The van der Waals surface area contributed by atoms with Gasteiger partial charge in [-0.25, -0.2) is 0 Å². The highest BCUT2D eigenvalue weighted by Crippen LogP contribution is 2.41. The number of carbonyl (C=O) groups is 1. The average molecular weight is 319 g/mol. The number of aliphatic hydroxyl groups is 1. The molecule has 0 spiro atoms. The van der Waals surface area contributed by atoms with Gasteiger partial charge in [-0.1, -0.05) is 57.0 Å². The smallest absolute Gasteiger partial charge is 0.316 e. The van der Waals surface area contributed by atoms with Crippen LogP contribution >= 0.6 is 0 Å². The van der Waals surface area contributed by atoms with E-state index in [1.807, 2.05) is 30.3 Å². The molecule has 2 rings (SSSR count). The predicted octanol–water partition coefficient (Wildman–Crippen LogP) is 2.96. The van der Waals surface area contributed by atoms with Crippen molar-refractivity contribution in [2.24, 2.45) is 0 Å². The SMILES string of the molecule is CCN(CC)CCOC(=O)[C@H](c1ccccc1)C1(O)CCCC1. The maximum atomic E-state index is 12.7. The molecule has 23 heavy (non-hydrogen) atoms. The van der Waals surface area contributed by atoms with Crippen molar-refractivity contribution in [1.82, 2.24) is 4.90 Å². The molecule has 4 nitrogen and oxygen atoms in total. The Morgan fingerprint density at radius 3 is 2.39 bits per heavy atom. The Bertz CT molecular complexity index is 479. The zero-order valence-corrected chi connectivity index (χ0v) is 14.3. The maximum Gasteiger partial charge on any atom is 0.316 e. The van der Waals surface area contributed by atoms with Crippen molar-refractivity contribution in [3.05, 3.63) is 35.9 Å². The molecule has 0 amide bonds. The molecule has 1 saturated carbocycles. The maximum absolute atomic E-state index is 12.7. The van der Waals surface area contributed by atoms with Crippen molar-refractivity contribution in [2.45, 2.75) is 51.0 Å². The fourth-order valence-corrected chi connectivity index (χ4v) is 3.49. The summed E-state index contributed by atoms with van der Waals surface area (Å²) in [4.78, 5) is 14.9. The number of likely N-dealkylation sites (N-methyl/N-ethyl adjacent to an activating group) is 1. The predicted molar refractivity (Wildman–Crippen MR) is 91.3 cm³/mol. The second kappa shape index (κ2) is 8.46. The number of hydrogen-bond donors (Lipinski definition) is 1. The van der Waals surface area contributed by atoms with E-state index < -0.39 is 11.5 Å². The number of hydrogen-bond acceptors (Lipinski definition) is 4. The van der Waals surface area contributed by atoms with Crippen LogP contribution in [0.15, 0.2) is 30.3 Å². The first-order valence-electron chi connectivity index (χ1n) is 8.77. The molecule has 1 atom stereocenters. The van der Waals surface area contributed by atoms with Crippen LogP contribution in [0.2, 0.25) is 0 Å². The van der Waals surface area contributed by atoms with Crippen molar-refractivity contribution in [1.29, 1.82) is 0 Å². The number of ether oxygens (including phenoxy) is 1. The third-order valence-electron chi connectivity index (χ3n) is 4.92. The molecule has 0 heterocycles. The van der Waals surface area contributed by atoms with E-state index in [-0.39, 0.29) is 5.97 Å². The fourth-order valence-electron chi connectivity index (χ4n) is 3.49. The fraction of sp³-hybridized carbons (Fsp3) is 0.632.